The molecular weight excluding hydrogens is 208 g/mol. The Balaban J connectivity index is 2.00. The third-order valence-electron chi connectivity index (χ3n) is 3.38. The van der Waals surface area contributed by atoms with Crippen molar-refractivity contribution in [3.8, 4) is 0 Å². The van der Waals surface area contributed by atoms with Crippen LogP contribution in [0.5, 0.6) is 0 Å². The molecule has 0 aromatic rings. The first kappa shape index (κ1) is 11.3. The minimum atomic E-state index is 0.274. The smallest absolute Gasteiger partial charge is 0.237 e. The monoisotopic (exact) mass is 228 g/mol. The second kappa shape index (κ2) is 4.34. The number of carbonyl (C=O) groups excluding carboxylic acids is 1. The van der Waals surface area contributed by atoms with Gasteiger partial charge in [-0.05, 0) is 31.9 Å². The van der Waals surface area contributed by atoms with Crippen LogP contribution in [0.2, 0.25) is 0 Å². The van der Waals surface area contributed by atoms with Crippen LogP contribution >= 0.6 is 11.8 Å². The van der Waals surface area contributed by atoms with E-state index in [0.717, 1.165) is 13.0 Å². The topological polar surface area (TPSA) is 32.3 Å². The molecule has 2 heterocycles. The molecule has 2 atom stereocenters. The Hall–Kier alpha value is -0.220. The highest BCUT2D eigenvalue weighted by atomic mass is 32.2. The minimum Gasteiger partial charge on any atom is -0.325 e. The van der Waals surface area contributed by atoms with Crippen molar-refractivity contribution < 1.29 is 4.79 Å². The lowest BCUT2D eigenvalue weighted by Crippen LogP contribution is -2.44. The zero-order valence-corrected chi connectivity index (χ0v) is 10.4. The summed E-state index contributed by atoms with van der Waals surface area (Å²) in [7, 11) is 0. The molecule has 0 bridgehead atoms. The molecule has 0 aromatic heterocycles. The van der Waals surface area contributed by atoms with Crippen LogP contribution < -0.4 is 5.32 Å². The van der Waals surface area contributed by atoms with E-state index in [1.807, 2.05) is 16.7 Å². The number of hydrogen-bond donors (Lipinski definition) is 1. The molecule has 0 radical (unpaired) electrons. The van der Waals surface area contributed by atoms with Crippen molar-refractivity contribution in [3.63, 3.8) is 0 Å². The predicted octanol–water partition coefficient (Wildman–Crippen LogP) is 1.44. The number of rotatable bonds is 3. The molecule has 2 aliphatic heterocycles. The van der Waals surface area contributed by atoms with Gasteiger partial charge in [-0.25, -0.2) is 0 Å². The van der Waals surface area contributed by atoms with Gasteiger partial charge in [0.1, 0.15) is 0 Å². The fourth-order valence-electron chi connectivity index (χ4n) is 2.48. The molecule has 86 valence electrons. The molecule has 3 nitrogen and oxygen atoms in total. The van der Waals surface area contributed by atoms with Gasteiger partial charge in [-0.3, -0.25) is 10.1 Å². The summed E-state index contributed by atoms with van der Waals surface area (Å²) < 4.78 is 0.301. The van der Waals surface area contributed by atoms with Gasteiger partial charge in [-0.1, -0.05) is 6.92 Å². The summed E-state index contributed by atoms with van der Waals surface area (Å²) in [6.45, 7) is 5.87. The Bertz CT molecular complexity index is 251. The van der Waals surface area contributed by atoms with Crippen LogP contribution in [0.3, 0.4) is 0 Å². The lowest BCUT2D eigenvalue weighted by molar-refractivity contribution is -0.128. The first-order valence-electron chi connectivity index (χ1n) is 5.81. The maximum Gasteiger partial charge on any atom is 0.237 e. The van der Waals surface area contributed by atoms with Crippen LogP contribution in [-0.4, -0.2) is 40.6 Å². The van der Waals surface area contributed by atoms with Crippen molar-refractivity contribution in [2.45, 2.75) is 44.0 Å². The summed E-state index contributed by atoms with van der Waals surface area (Å²) in [5, 5.41) is 3.26. The fourth-order valence-corrected chi connectivity index (χ4v) is 3.78. The minimum absolute atomic E-state index is 0.274. The van der Waals surface area contributed by atoms with Gasteiger partial charge in [-0.2, -0.15) is 11.8 Å². The highest BCUT2D eigenvalue weighted by molar-refractivity contribution is 8.00. The Morgan fingerprint density at radius 1 is 1.67 bits per heavy atom. The van der Waals surface area contributed by atoms with E-state index in [9.17, 15) is 4.79 Å². The molecule has 2 rings (SSSR count). The van der Waals surface area contributed by atoms with Gasteiger partial charge in [0.2, 0.25) is 5.91 Å². The fraction of sp³-hybridized carbons (Fsp3) is 0.909. The largest absolute Gasteiger partial charge is 0.325 e. The van der Waals surface area contributed by atoms with Gasteiger partial charge < -0.3 is 4.90 Å². The summed E-state index contributed by atoms with van der Waals surface area (Å²) in [5.74, 6) is 1.53. The molecule has 1 amide bonds. The molecular formula is C11H20N2OS. The Morgan fingerprint density at radius 3 is 3.07 bits per heavy atom. The van der Waals surface area contributed by atoms with Gasteiger partial charge in [0.05, 0.1) is 12.7 Å². The average molecular weight is 228 g/mol. The first-order chi connectivity index (χ1) is 7.14. The third kappa shape index (κ3) is 2.31. The zero-order chi connectivity index (χ0) is 10.9. The van der Waals surface area contributed by atoms with Crippen molar-refractivity contribution in [2.75, 3.05) is 18.8 Å². The number of thioether (sulfide) groups is 1. The maximum absolute atomic E-state index is 11.7. The van der Waals surface area contributed by atoms with Crippen LogP contribution in [-0.2, 0) is 4.79 Å². The van der Waals surface area contributed by atoms with Crippen LogP contribution in [0.25, 0.3) is 0 Å². The van der Waals surface area contributed by atoms with Gasteiger partial charge in [-0.15, -0.1) is 0 Å². The molecule has 2 aliphatic rings. The normalized spacial score (nSPS) is 36.5. The van der Waals surface area contributed by atoms with Gasteiger partial charge in [0, 0.05) is 11.3 Å². The molecule has 0 aromatic carbocycles. The number of hydrogen-bond acceptors (Lipinski definition) is 3. The Morgan fingerprint density at radius 2 is 2.47 bits per heavy atom. The van der Waals surface area contributed by atoms with E-state index in [0.29, 0.717) is 11.3 Å². The van der Waals surface area contributed by atoms with Gasteiger partial charge in [0.25, 0.3) is 0 Å². The summed E-state index contributed by atoms with van der Waals surface area (Å²) in [6, 6.07) is 0. The number of nitrogens with zero attached hydrogens (tertiary/aromatic N) is 1. The number of carbonyl (C=O) groups is 1. The van der Waals surface area contributed by atoms with E-state index in [1.165, 1.54) is 18.6 Å². The molecule has 0 aliphatic carbocycles. The highest BCUT2D eigenvalue weighted by Crippen LogP contribution is 2.38. The first-order valence-corrected chi connectivity index (χ1v) is 6.80. The van der Waals surface area contributed by atoms with Crippen molar-refractivity contribution in [1.29, 1.82) is 0 Å². The summed E-state index contributed by atoms with van der Waals surface area (Å²) in [6.07, 6.45) is 3.83. The van der Waals surface area contributed by atoms with Crippen molar-refractivity contribution in [2.24, 2.45) is 0 Å². The van der Waals surface area contributed by atoms with Crippen LogP contribution in [0.1, 0.15) is 33.1 Å². The highest BCUT2D eigenvalue weighted by Gasteiger charge is 2.37. The zero-order valence-electron chi connectivity index (χ0n) is 9.58. The summed E-state index contributed by atoms with van der Waals surface area (Å²) in [4.78, 5) is 13.8. The van der Waals surface area contributed by atoms with E-state index >= 15 is 0 Å². The molecule has 2 fully saturated rings. The Labute approximate surface area is 96.0 Å². The van der Waals surface area contributed by atoms with E-state index in [1.54, 1.807) is 0 Å². The van der Waals surface area contributed by atoms with Crippen LogP contribution in [0.4, 0.5) is 0 Å². The van der Waals surface area contributed by atoms with E-state index in [4.69, 9.17) is 0 Å². The Kier molecular flexibility index (Phi) is 3.26. The quantitative estimate of drug-likeness (QED) is 0.793. The standard InChI is InChI=1S/C11H20N2OS/c1-3-9-12-7-10(14)13(9)8-11(2)5-4-6-15-11/h9,12H,3-8H2,1-2H3. The molecule has 0 spiro atoms. The second-order valence-corrected chi connectivity index (χ2v) is 6.41. The van der Waals surface area contributed by atoms with E-state index < -0.39 is 0 Å². The van der Waals surface area contributed by atoms with Crippen LogP contribution in [0, 0.1) is 0 Å². The maximum atomic E-state index is 11.7. The number of nitrogens with one attached hydrogen (secondary N) is 1. The lowest BCUT2D eigenvalue weighted by atomic mass is 10.0. The van der Waals surface area contributed by atoms with Gasteiger partial charge >= 0.3 is 0 Å². The SMILES string of the molecule is CCC1NCC(=O)N1CC1(C)CCCS1. The van der Waals surface area contributed by atoms with E-state index in [2.05, 4.69) is 19.2 Å². The van der Waals surface area contributed by atoms with Crippen LogP contribution in [0.15, 0.2) is 0 Å². The lowest BCUT2D eigenvalue weighted by Gasteiger charge is -2.32. The molecule has 1 N–H and O–H groups in total. The molecule has 4 heteroatoms. The van der Waals surface area contributed by atoms with Crippen molar-refractivity contribution in [3.05, 3.63) is 0 Å². The van der Waals surface area contributed by atoms with Crippen molar-refractivity contribution in [1.82, 2.24) is 10.2 Å². The number of amides is 1. The molecule has 15 heavy (non-hydrogen) atoms. The third-order valence-corrected chi connectivity index (χ3v) is 4.90. The summed E-state index contributed by atoms with van der Waals surface area (Å²) >= 11 is 2.02. The van der Waals surface area contributed by atoms with Gasteiger partial charge in [0.15, 0.2) is 0 Å². The second-order valence-electron chi connectivity index (χ2n) is 4.73. The summed E-state index contributed by atoms with van der Waals surface area (Å²) in [5.41, 5.74) is 0. The predicted molar refractivity (Wildman–Crippen MR) is 63.9 cm³/mol. The molecule has 0 saturated carbocycles. The average Bonchev–Trinajstić information content (AvgIpc) is 2.76. The van der Waals surface area contributed by atoms with E-state index in [-0.39, 0.29) is 12.1 Å². The van der Waals surface area contributed by atoms with Crippen molar-refractivity contribution >= 4 is 17.7 Å². The molecule has 2 saturated heterocycles. The molecule has 2 unspecified atom stereocenters.